The van der Waals surface area contributed by atoms with Crippen LogP contribution in [0.3, 0.4) is 0 Å². The summed E-state index contributed by atoms with van der Waals surface area (Å²) in [7, 11) is 1.60. The van der Waals surface area contributed by atoms with E-state index in [1.807, 2.05) is 42.5 Å². The molecule has 1 aliphatic rings. The predicted molar refractivity (Wildman–Crippen MR) is 133 cm³/mol. The number of ether oxygens (including phenoxy) is 1. The van der Waals surface area contributed by atoms with Crippen molar-refractivity contribution in [1.29, 1.82) is 0 Å². The number of methoxy groups -OCH3 is 1. The molecule has 1 fully saturated rings. The third-order valence-electron chi connectivity index (χ3n) is 5.67. The molecule has 1 N–H and O–H groups in total. The highest BCUT2D eigenvalue weighted by Crippen LogP contribution is 2.40. The topological polar surface area (TPSA) is 101 Å². The van der Waals surface area contributed by atoms with E-state index < -0.39 is 5.91 Å². The molecule has 0 radical (unpaired) electrons. The van der Waals surface area contributed by atoms with Gasteiger partial charge < -0.3 is 14.7 Å². The van der Waals surface area contributed by atoms with Gasteiger partial charge in [0.25, 0.3) is 0 Å². The largest absolute Gasteiger partial charge is 0.497 e. The molecule has 2 heterocycles. The first-order chi connectivity index (χ1) is 16.5. The number of aromatic nitrogens is 1. The second-order valence-electron chi connectivity index (χ2n) is 8.00. The van der Waals surface area contributed by atoms with E-state index in [1.165, 1.54) is 0 Å². The summed E-state index contributed by atoms with van der Waals surface area (Å²) in [6.45, 7) is 3.93. The Balaban J connectivity index is 1.46. The van der Waals surface area contributed by atoms with E-state index >= 15 is 0 Å². The molecule has 1 saturated heterocycles. The molecule has 9 nitrogen and oxygen atoms in total. The van der Waals surface area contributed by atoms with Gasteiger partial charge in [-0.3, -0.25) is 14.3 Å². The van der Waals surface area contributed by atoms with Crippen LogP contribution in [0, 0.1) is 0 Å². The monoisotopic (exact) mass is 527 g/mol. The Hall–Kier alpha value is -3.24. The van der Waals surface area contributed by atoms with Crippen LogP contribution < -0.4 is 4.74 Å². The van der Waals surface area contributed by atoms with Crippen molar-refractivity contribution in [3.63, 3.8) is 0 Å². The first-order valence-electron chi connectivity index (χ1n) is 10.9. The van der Waals surface area contributed by atoms with E-state index in [9.17, 15) is 9.90 Å². The number of hydrogen-bond acceptors (Lipinski definition) is 7. The minimum absolute atomic E-state index is 0.0224. The highest BCUT2D eigenvalue weighted by Gasteiger charge is 2.20. The van der Waals surface area contributed by atoms with E-state index in [2.05, 4.69) is 36.2 Å². The van der Waals surface area contributed by atoms with Gasteiger partial charge in [0, 0.05) is 9.86 Å². The molecule has 34 heavy (non-hydrogen) atoms. The van der Waals surface area contributed by atoms with E-state index in [1.54, 1.807) is 18.6 Å². The fourth-order valence-corrected chi connectivity index (χ4v) is 4.23. The van der Waals surface area contributed by atoms with Crippen LogP contribution in [0.25, 0.3) is 10.9 Å². The van der Waals surface area contributed by atoms with Crippen molar-refractivity contribution in [2.24, 2.45) is 15.4 Å². The molecule has 178 valence electrons. The molecule has 3 aromatic rings. The number of nitrogens with zero attached hydrogens (tertiary/aromatic N) is 5. The summed E-state index contributed by atoms with van der Waals surface area (Å²) in [6, 6.07) is 13.0. The molecule has 1 aromatic heterocycles. The van der Waals surface area contributed by atoms with Crippen LogP contribution >= 0.6 is 15.9 Å². The first kappa shape index (κ1) is 23.9. The maximum atomic E-state index is 12.2. The highest BCUT2D eigenvalue weighted by atomic mass is 79.9. The van der Waals surface area contributed by atoms with Crippen LogP contribution in [0.5, 0.6) is 11.6 Å². The lowest BCUT2D eigenvalue weighted by molar-refractivity contribution is -0.122. The quantitative estimate of drug-likeness (QED) is 0.245. The van der Waals surface area contributed by atoms with Gasteiger partial charge in [-0.25, -0.2) is 0 Å². The van der Waals surface area contributed by atoms with E-state index in [4.69, 9.17) is 9.57 Å². The van der Waals surface area contributed by atoms with Gasteiger partial charge >= 0.3 is 5.91 Å². The molecule has 10 heteroatoms. The van der Waals surface area contributed by atoms with Crippen LogP contribution in [0.15, 0.2) is 62.3 Å². The number of hydrogen-bond donors (Lipinski definition) is 1. The molecule has 0 aliphatic carbocycles. The standard InChI is InChI=1S/C24H26BrN5O4/c1-16(17-5-8-19(33-2)9-6-17)28-34-14-22(31)26-27-23-20-13-18(25)7-10-21(20)30(24(23)32)15-29-11-3-4-12-29/h5-10,13,32H,3-4,11-12,14-15H2,1-2H3/b27-26?,28-16+. The van der Waals surface area contributed by atoms with Gasteiger partial charge in [0.15, 0.2) is 12.3 Å². The molecule has 0 saturated carbocycles. The summed E-state index contributed by atoms with van der Waals surface area (Å²) < 4.78 is 7.78. The molecule has 1 amide bonds. The highest BCUT2D eigenvalue weighted by molar-refractivity contribution is 9.10. The Kier molecular flexibility index (Phi) is 7.59. The number of carbonyl (C=O) groups is 1. The number of halogens is 1. The first-order valence-corrected chi connectivity index (χ1v) is 11.7. The number of amides is 1. The number of likely N-dealkylation sites (tertiary alicyclic amines) is 1. The number of azo groups is 1. The molecule has 1 aliphatic heterocycles. The number of fused-ring (bicyclic) bond motifs is 1. The average molecular weight is 528 g/mol. The Morgan fingerprint density at radius 3 is 2.59 bits per heavy atom. The van der Waals surface area contributed by atoms with Gasteiger partial charge in [0.05, 0.1) is 25.0 Å². The summed E-state index contributed by atoms with van der Waals surface area (Å²) in [5.74, 6) is 0.108. The van der Waals surface area contributed by atoms with Gasteiger partial charge in [-0.05, 0) is 80.9 Å². The molecular weight excluding hydrogens is 502 g/mol. The van der Waals surface area contributed by atoms with Crippen molar-refractivity contribution < 1.29 is 19.5 Å². The number of oxime groups is 1. The Morgan fingerprint density at radius 1 is 1.15 bits per heavy atom. The zero-order valence-corrected chi connectivity index (χ0v) is 20.7. The van der Waals surface area contributed by atoms with Gasteiger partial charge in [0.2, 0.25) is 5.88 Å². The number of carbonyl (C=O) groups excluding carboxylic acids is 1. The second kappa shape index (κ2) is 10.8. The number of benzene rings is 2. The SMILES string of the molecule is COc1ccc(/C(C)=N/OCC(=O)N=Nc2c(O)n(CN3CCCC3)c3ccc(Br)cc23)cc1. The lowest BCUT2D eigenvalue weighted by Gasteiger charge is -2.17. The zero-order valence-electron chi connectivity index (χ0n) is 19.1. The fraction of sp³-hybridized carbons (Fsp3) is 0.333. The number of rotatable bonds is 8. The molecular formula is C24H26BrN5O4. The van der Waals surface area contributed by atoms with Gasteiger partial charge in [0.1, 0.15) is 5.75 Å². The molecule has 0 atom stereocenters. The molecule has 0 unspecified atom stereocenters. The summed E-state index contributed by atoms with van der Waals surface area (Å²) in [4.78, 5) is 19.7. The maximum Gasteiger partial charge on any atom is 0.304 e. The smallest absolute Gasteiger partial charge is 0.304 e. The molecule has 4 rings (SSSR count). The van der Waals surface area contributed by atoms with Crippen LogP contribution in [0.4, 0.5) is 5.69 Å². The van der Waals surface area contributed by atoms with Gasteiger partial charge in [-0.15, -0.1) is 10.2 Å². The Morgan fingerprint density at radius 2 is 1.88 bits per heavy atom. The minimum atomic E-state index is -0.610. The average Bonchev–Trinajstić information content (AvgIpc) is 3.44. The molecule has 0 spiro atoms. The van der Waals surface area contributed by atoms with Crippen molar-refractivity contribution in [3.8, 4) is 11.6 Å². The van der Waals surface area contributed by atoms with Crippen molar-refractivity contribution in [2.75, 3.05) is 26.8 Å². The van der Waals surface area contributed by atoms with Crippen LogP contribution in [0.2, 0.25) is 0 Å². The fourth-order valence-electron chi connectivity index (χ4n) is 3.87. The molecule has 0 bridgehead atoms. The zero-order chi connectivity index (χ0) is 24.1. The summed E-state index contributed by atoms with van der Waals surface area (Å²) in [6.07, 6.45) is 2.29. The van der Waals surface area contributed by atoms with Gasteiger partial charge in [-0.2, -0.15) is 0 Å². The summed E-state index contributed by atoms with van der Waals surface area (Å²) in [5.41, 5.74) is 2.53. The van der Waals surface area contributed by atoms with Crippen molar-refractivity contribution >= 4 is 44.1 Å². The van der Waals surface area contributed by atoms with E-state index in [0.717, 1.165) is 47.2 Å². The minimum Gasteiger partial charge on any atom is -0.497 e. The van der Waals surface area contributed by atoms with Crippen LogP contribution in [-0.4, -0.2) is 53.0 Å². The lowest BCUT2D eigenvalue weighted by Crippen LogP contribution is -2.22. The Bertz CT molecular complexity index is 1230. The third-order valence-corrected chi connectivity index (χ3v) is 6.16. The van der Waals surface area contributed by atoms with Crippen molar-refractivity contribution in [3.05, 3.63) is 52.5 Å². The van der Waals surface area contributed by atoms with E-state index in [-0.39, 0.29) is 18.2 Å². The van der Waals surface area contributed by atoms with Crippen molar-refractivity contribution in [2.45, 2.75) is 26.4 Å². The maximum absolute atomic E-state index is 12.2. The number of aromatic hydroxyl groups is 1. The molecule has 2 aromatic carbocycles. The lowest BCUT2D eigenvalue weighted by atomic mass is 10.1. The van der Waals surface area contributed by atoms with E-state index in [0.29, 0.717) is 17.8 Å². The van der Waals surface area contributed by atoms with Gasteiger partial charge in [-0.1, -0.05) is 21.1 Å². The third kappa shape index (κ3) is 5.45. The predicted octanol–water partition coefficient (Wildman–Crippen LogP) is 5.22. The summed E-state index contributed by atoms with van der Waals surface area (Å²) >= 11 is 3.46. The Labute approximate surface area is 205 Å². The normalized spacial score (nSPS) is 14.9. The second-order valence-corrected chi connectivity index (χ2v) is 8.92. The van der Waals surface area contributed by atoms with Crippen LogP contribution in [0.1, 0.15) is 25.3 Å². The summed E-state index contributed by atoms with van der Waals surface area (Å²) in [5, 5.41) is 23.4. The van der Waals surface area contributed by atoms with Crippen LogP contribution in [-0.2, 0) is 16.3 Å². The van der Waals surface area contributed by atoms with Crippen molar-refractivity contribution in [1.82, 2.24) is 9.47 Å².